The number of rotatable bonds is 3. The Balaban J connectivity index is 1.32. The first-order valence-electron chi connectivity index (χ1n) is 10.8. The van der Waals surface area contributed by atoms with Gasteiger partial charge in [0.05, 0.1) is 0 Å². The fourth-order valence-corrected chi connectivity index (χ4v) is 5.51. The molecule has 7 heteroatoms. The Hall–Kier alpha value is -2.25. The van der Waals surface area contributed by atoms with Gasteiger partial charge >= 0.3 is 0 Å². The lowest BCUT2D eigenvalue weighted by Gasteiger charge is -2.35. The van der Waals surface area contributed by atoms with E-state index in [4.69, 9.17) is 0 Å². The fourth-order valence-electron chi connectivity index (χ4n) is 5.51. The number of likely N-dealkylation sites (tertiary alicyclic amines) is 1. The Bertz CT molecular complexity index is 862. The standard InChI is InChI=1S/C22H28N4O3/c27-19-7-6-18(20(28)24-19)26-13-17-15(4-3-5-16(17)21(26)29)12-25-11-9-22(14-25)8-1-2-10-23-22/h3-5,18,23H,1-2,6-14H2,(H,24,27,28). The summed E-state index contributed by atoms with van der Waals surface area (Å²) in [4.78, 5) is 40.9. The molecule has 1 aromatic carbocycles. The summed E-state index contributed by atoms with van der Waals surface area (Å²) in [6.07, 6.45) is 5.69. The maximum atomic E-state index is 13.0. The van der Waals surface area contributed by atoms with Crippen LogP contribution in [0.15, 0.2) is 18.2 Å². The molecule has 4 aliphatic heterocycles. The molecule has 0 saturated carbocycles. The molecule has 0 bridgehead atoms. The number of piperidine rings is 2. The Kier molecular flexibility index (Phi) is 4.67. The summed E-state index contributed by atoms with van der Waals surface area (Å²) in [7, 11) is 0. The number of nitrogens with one attached hydrogen (secondary N) is 2. The minimum atomic E-state index is -0.554. The van der Waals surface area contributed by atoms with Gasteiger partial charge in [-0.2, -0.15) is 0 Å². The number of nitrogens with zero attached hydrogens (tertiary/aromatic N) is 2. The summed E-state index contributed by atoms with van der Waals surface area (Å²) in [5.74, 6) is -0.701. The van der Waals surface area contributed by atoms with Gasteiger partial charge in [0.15, 0.2) is 0 Å². The average molecular weight is 396 g/mol. The molecular formula is C22H28N4O3. The molecule has 3 amide bonds. The zero-order valence-corrected chi connectivity index (χ0v) is 16.7. The Morgan fingerprint density at radius 3 is 2.83 bits per heavy atom. The number of imide groups is 1. The fraction of sp³-hybridized carbons (Fsp3) is 0.591. The first-order chi connectivity index (χ1) is 14.0. The lowest BCUT2D eigenvalue weighted by atomic mass is 9.88. The lowest BCUT2D eigenvalue weighted by Crippen LogP contribution is -2.52. The summed E-state index contributed by atoms with van der Waals surface area (Å²) < 4.78 is 0. The van der Waals surface area contributed by atoms with Crippen LogP contribution in [0.2, 0.25) is 0 Å². The van der Waals surface area contributed by atoms with E-state index in [0.717, 1.165) is 31.7 Å². The molecule has 2 unspecified atom stereocenters. The van der Waals surface area contributed by atoms with E-state index in [1.165, 1.54) is 31.2 Å². The molecule has 7 nitrogen and oxygen atoms in total. The van der Waals surface area contributed by atoms with E-state index < -0.39 is 6.04 Å². The highest BCUT2D eigenvalue weighted by Gasteiger charge is 2.41. The van der Waals surface area contributed by atoms with E-state index in [1.807, 2.05) is 12.1 Å². The van der Waals surface area contributed by atoms with Crippen LogP contribution in [0.4, 0.5) is 0 Å². The summed E-state index contributed by atoms with van der Waals surface area (Å²) in [5, 5.41) is 6.13. The minimum absolute atomic E-state index is 0.0943. The van der Waals surface area contributed by atoms with Crippen molar-refractivity contribution >= 4 is 17.7 Å². The Morgan fingerprint density at radius 2 is 2.03 bits per heavy atom. The molecule has 1 aromatic rings. The summed E-state index contributed by atoms with van der Waals surface area (Å²) in [5.41, 5.74) is 3.19. The van der Waals surface area contributed by atoms with E-state index in [-0.39, 0.29) is 29.7 Å². The second-order valence-corrected chi connectivity index (χ2v) is 8.97. The van der Waals surface area contributed by atoms with Gasteiger partial charge in [0.1, 0.15) is 6.04 Å². The summed E-state index contributed by atoms with van der Waals surface area (Å²) in [6, 6.07) is 5.37. The molecule has 3 fully saturated rings. The van der Waals surface area contributed by atoms with Crippen LogP contribution in [-0.2, 0) is 22.7 Å². The van der Waals surface area contributed by atoms with Crippen molar-refractivity contribution in [3.8, 4) is 0 Å². The maximum Gasteiger partial charge on any atom is 0.255 e. The van der Waals surface area contributed by atoms with Crippen LogP contribution in [0.25, 0.3) is 0 Å². The third-order valence-electron chi connectivity index (χ3n) is 7.09. The zero-order chi connectivity index (χ0) is 20.0. The maximum absolute atomic E-state index is 13.0. The molecule has 154 valence electrons. The van der Waals surface area contributed by atoms with Crippen molar-refractivity contribution < 1.29 is 14.4 Å². The number of amides is 3. The third-order valence-corrected chi connectivity index (χ3v) is 7.09. The molecule has 29 heavy (non-hydrogen) atoms. The molecule has 5 rings (SSSR count). The van der Waals surface area contributed by atoms with Crippen molar-refractivity contribution in [3.63, 3.8) is 0 Å². The van der Waals surface area contributed by atoms with Crippen LogP contribution in [0.1, 0.15) is 60.0 Å². The number of carbonyl (C=O) groups excluding carboxylic acids is 3. The summed E-state index contributed by atoms with van der Waals surface area (Å²) in [6.45, 7) is 4.53. The van der Waals surface area contributed by atoms with E-state index >= 15 is 0 Å². The second kappa shape index (κ2) is 7.22. The monoisotopic (exact) mass is 396 g/mol. The average Bonchev–Trinajstić information content (AvgIpc) is 3.25. The van der Waals surface area contributed by atoms with Gasteiger partial charge < -0.3 is 10.2 Å². The highest BCUT2D eigenvalue weighted by Crippen LogP contribution is 2.33. The molecule has 0 radical (unpaired) electrons. The topological polar surface area (TPSA) is 81.8 Å². The first-order valence-corrected chi connectivity index (χ1v) is 10.8. The van der Waals surface area contributed by atoms with Gasteiger partial charge in [0, 0.05) is 43.7 Å². The van der Waals surface area contributed by atoms with Crippen LogP contribution >= 0.6 is 0 Å². The molecule has 2 atom stereocenters. The molecule has 4 heterocycles. The predicted octanol–water partition coefficient (Wildman–Crippen LogP) is 1.17. The number of hydrogen-bond acceptors (Lipinski definition) is 5. The molecule has 1 spiro atoms. The van der Waals surface area contributed by atoms with Gasteiger partial charge in [-0.3, -0.25) is 24.6 Å². The smallest absolute Gasteiger partial charge is 0.255 e. The number of benzene rings is 1. The Labute approximate surface area is 170 Å². The van der Waals surface area contributed by atoms with Crippen LogP contribution < -0.4 is 10.6 Å². The van der Waals surface area contributed by atoms with Gasteiger partial charge in [-0.25, -0.2) is 0 Å². The van der Waals surface area contributed by atoms with Gasteiger partial charge in [0.25, 0.3) is 5.91 Å². The van der Waals surface area contributed by atoms with E-state index in [0.29, 0.717) is 18.5 Å². The van der Waals surface area contributed by atoms with Gasteiger partial charge in [0.2, 0.25) is 11.8 Å². The molecule has 4 aliphatic rings. The molecule has 2 N–H and O–H groups in total. The number of fused-ring (bicyclic) bond motifs is 1. The van der Waals surface area contributed by atoms with Crippen LogP contribution in [0, 0.1) is 0 Å². The third kappa shape index (κ3) is 3.36. The zero-order valence-electron chi connectivity index (χ0n) is 16.7. The van der Waals surface area contributed by atoms with Crippen molar-refractivity contribution in [1.82, 2.24) is 20.4 Å². The first kappa shape index (κ1) is 18.8. The Morgan fingerprint density at radius 1 is 1.14 bits per heavy atom. The van der Waals surface area contributed by atoms with Gasteiger partial charge in [-0.05, 0) is 49.4 Å². The van der Waals surface area contributed by atoms with Gasteiger partial charge in [-0.15, -0.1) is 0 Å². The van der Waals surface area contributed by atoms with E-state index in [9.17, 15) is 14.4 Å². The van der Waals surface area contributed by atoms with Crippen molar-refractivity contribution in [1.29, 1.82) is 0 Å². The van der Waals surface area contributed by atoms with E-state index in [2.05, 4.69) is 21.6 Å². The normalized spacial score (nSPS) is 30.1. The molecule has 0 aromatic heterocycles. The SMILES string of the molecule is O=C1CCC(N2Cc3c(CN4CCC5(CCCCN5)C4)cccc3C2=O)C(=O)N1. The number of carbonyl (C=O) groups is 3. The number of hydrogen-bond donors (Lipinski definition) is 2. The lowest BCUT2D eigenvalue weighted by molar-refractivity contribution is -0.136. The van der Waals surface area contributed by atoms with Crippen molar-refractivity contribution in [3.05, 3.63) is 34.9 Å². The quantitative estimate of drug-likeness (QED) is 0.750. The van der Waals surface area contributed by atoms with Crippen LogP contribution in [0.3, 0.4) is 0 Å². The molecular weight excluding hydrogens is 368 g/mol. The van der Waals surface area contributed by atoms with Crippen molar-refractivity contribution in [2.45, 2.75) is 63.2 Å². The highest BCUT2D eigenvalue weighted by molar-refractivity contribution is 6.05. The van der Waals surface area contributed by atoms with Gasteiger partial charge in [-0.1, -0.05) is 18.6 Å². The summed E-state index contributed by atoms with van der Waals surface area (Å²) >= 11 is 0. The minimum Gasteiger partial charge on any atom is -0.322 e. The van der Waals surface area contributed by atoms with Crippen LogP contribution in [0.5, 0.6) is 0 Å². The largest absolute Gasteiger partial charge is 0.322 e. The predicted molar refractivity (Wildman–Crippen MR) is 107 cm³/mol. The van der Waals surface area contributed by atoms with Crippen molar-refractivity contribution in [2.24, 2.45) is 0 Å². The molecule has 3 saturated heterocycles. The van der Waals surface area contributed by atoms with Crippen molar-refractivity contribution in [2.75, 3.05) is 19.6 Å². The molecule has 0 aliphatic carbocycles. The highest BCUT2D eigenvalue weighted by atomic mass is 16.2. The van der Waals surface area contributed by atoms with E-state index in [1.54, 1.807) is 4.90 Å². The second-order valence-electron chi connectivity index (χ2n) is 8.97. The van der Waals surface area contributed by atoms with Crippen LogP contribution in [-0.4, -0.2) is 58.7 Å².